The number of benzene rings is 1. The first kappa shape index (κ1) is 18.4. The fraction of sp³-hybridized carbons (Fsp3) is 0.625. The van der Waals surface area contributed by atoms with Gasteiger partial charge < -0.3 is 0 Å². The van der Waals surface area contributed by atoms with Crippen LogP contribution in [-0.2, 0) is 25.3 Å². The number of sulfonamides is 1. The van der Waals surface area contributed by atoms with Crippen LogP contribution < -0.4 is 0 Å². The molecule has 0 N–H and O–H groups in total. The van der Waals surface area contributed by atoms with Crippen LogP contribution in [0.25, 0.3) is 0 Å². The van der Waals surface area contributed by atoms with Crippen LogP contribution in [0.15, 0.2) is 29.2 Å². The molecule has 1 saturated heterocycles. The fourth-order valence-electron chi connectivity index (χ4n) is 2.89. The maximum absolute atomic E-state index is 12.9. The van der Waals surface area contributed by atoms with Gasteiger partial charge >= 0.3 is 0 Å². The number of hydrogen-bond acceptors (Lipinski definition) is 4. The molecule has 0 radical (unpaired) electrons. The van der Waals surface area contributed by atoms with E-state index < -0.39 is 25.9 Å². The van der Waals surface area contributed by atoms with E-state index in [4.69, 9.17) is 0 Å². The lowest BCUT2D eigenvalue weighted by atomic mass is 9.87. The molecule has 0 aliphatic carbocycles. The Kier molecular flexibility index (Phi) is 4.95. The molecule has 0 spiro atoms. The van der Waals surface area contributed by atoms with E-state index in [-0.39, 0.29) is 28.4 Å². The first-order valence-electron chi connectivity index (χ1n) is 7.80. The molecule has 1 aromatic carbocycles. The van der Waals surface area contributed by atoms with Gasteiger partial charge in [-0.15, -0.1) is 0 Å². The van der Waals surface area contributed by atoms with E-state index in [1.807, 2.05) is 12.1 Å². The number of rotatable bonds is 4. The van der Waals surface area contributed by atoms with Crippen LogP contribution in [0.5, 0.6) is 0 Å². The normalized spacial score (nSPS) is 21.7. The van der Waals surface area contributed by atoms with Gasteiger partial charge in [0.15, 0.2) is 9.84 Å². The highest BCUT2D eigenvalue weighted by Gasteiger charge is 2.37. The van der Waals surface area contributed by atoms with E-state index in [1.165, 1.54) is 4.31 Å². The Balaban J connectivity index is 2.32. The molecule has 1 aliphatic heterocycles. The Bertz CT molecular complexity index is 759. The standard InChI is InChI=1S/C16H25NO4S2/c1-5-17(14-10-11-22(18,19)12-14)23(20,21)15-8-6-13(7-9-15)16(2,3)4/h6-9,14H,5,10-12H2,1-4H3. The first-order chi connectivity index (χ1) is 10.5. The van der Waals surface area contributed by atoms with Crippen molar-refractivity contribution in [1.82, 2.24) is 4.31 Å². The van der Waals surface area contributed by atoms with E-state index in [1.54, 1.807) is 19.1 Å². The second-order valence-electron chi connectivity index (χ2n) is 7.04. The van der Waals surface area contributed by atoms with Gasteiger partial charge in [-0.05, 0) is 29.5 Å². The summed E-state index contributed by atoms with van der Waals surface area (Å²) in [6, 6.07) is 6.42. The van der Waals surface area contributed by atoms with E-state index in [0.717, 1.165) is 5.56 Å². The largest absolute Gasteiger partial charge is 0.243 e. The lowest BCUT2D eigenvalue weighted by Gasteiger charge is -2.26. The van der Waals surface area contributed by atoms with E-state index in [2.05, 4.69) is 20.8 Å². The molecule has 23 heavy (non-hydrogen) atoms. The van der Waals surface area contributed by atoms with Crippen LogP contribution in [0.3, 0.4) is 0 Å². The summed E-state index contributed by atoms with van der Waals surface area (Å²) in [4.78, 5) is 0.219. The molecule has 1 atom stereocenters. The van der Waals surface area contributed by atoms with E-state index >= 15 is 0 Å². The molecule has 7 heteroatoms. The zero-order valence-electron chi connectivity index (χ0n) is 14.1. The maximum Gasteiger partial charge on any atom is 0.243 e. The Morgan fingerprint density at radius 3 is 2.13 bits per heavy atom. The van der Waals surface area contributed by atoms with Crippen molar-refractivity contribution >= 4 is 19.9 Å². The van der Waals surface area contributed by atoms with Crippen LogP contribution >= 0.6 is 0 Å². The van der Waals surface area contributed by atoms with Gasteiger partial charge in [0.05, 0.1) is 16.4 Å². The van der Waals surface area contributed by atoms with Crippen LogP contribution in [0.2, 0.25) is 0 Å². The predicted octanol–water partition coefficient (Wildman–Crippen LogP) is 2.18. The van der Waals surface area contributed by atoms with Gasteiger partial charge in [0.1, 0.15) is 0 Å². The molecule has 1 aliphatic rings. The van der Waals surface area contributed by atoms with Gasteiger partial charge in [-0.2, -0.15) is 4.31 Å². The summed E-state index contributed by atoms with van der Waals surface area (Å²) in [6.45, 7) is 8.21. The Labute approximate surface area is 139 Å². The minimum Gasteiger partial charge on any atom is -0.229 e. The van der Waals surface area contributed by atoms with Crippen LogP contribution in [0, 0.1) is 0 Å². The molecule has 2 rings (SSSR count). The molecule has 1 heterocycles. The summed E-state index contributed by atoms with van der Waals surface area (Å²) in [5.74, 6) is -0.0210. The third-order valence-corrected chi connectivity index (χ3v) is 8.05. The van der Waals surface area contributed by atoms with Gasteiger partial charge in [-0.25, -0.2) is 16.8 Å². The molecule has 1 aromatic rings. The molecule has 0 saturated carbocycles. The van der Waals surface area contributed by atoms with Crippen molar-refractivity contribution in [1.29, 1.82) is 0 Å². The molecule has 0 aromatic heterocycles. The fourth-order valence-corrected chi connectivity index (χ4v) is 6.38. The minimum atomic E-state index is -3.68. The van der Waals surface area contributed by atoms with Crippen LogP contribution in [-0.4, -0.2) is 45.2 Å². The molecule has 1 fully saturated rings. The molecule has 0 bridgehead atoms. The van der Waals surface area contributed by atoms with Crippen molar-refractivity contribution in [3.05, 3.63) is 29.8 Å². The molecule has 5 nitrogen and oxygen atoms in total. The summed E-state index contributed by atoms with van der Waals surface area (Å²) in [5.41, 5.74) is 1.01. The highest BCUT2D eigenvalue weighted by molar-refractivity contribution is 7.92. The van der Waals surface area contributed by atoms with Crippen molar-refractivity contribution in [3.8, 4) is 0 Å². The second kappa shape index (κ2) is 6.18. The van der Waals surface area contributed by atoms with Gasteiger partial charge in [0.25, 0.3) is 0 Å². The Hall–Kier alpha value is -0.920. The van der Waals surface area contributed by atoms with Crippen molar-refractivity contribution in [2.75, 3.05) is 18.1 Å². The van der Waals surface area contributed by atoms with Crippen molar-refractivity contribution in [3.63, 3.8) is 0 Å². The molecular weight excluding hydrogens is 334 g/mol. The highest BCUT2D eigenvalue weighted by atomic mass is 32.2. The SMILES string of the molecule is CCN(C1CCS(=O)(=O)C1)S(=O)(=O)c1ccc(C(C)(C)C)cc1. The third-order valence-electron chi connectivity index (χ3n) is 4.25. The quantitative estimate of drug-likeness (QED) is 0.826. The number of sulfone groups is 1. The summed E-state index contributed by atoms with van der Waals surface area (Å²) >= 11 is 0. The summed E-state index contributed by atoms with van der Waals surface area (Å²) in [5, 5.41) is 0. The van der Waals surface area contributed by atoms with Gasteiger partial charge in [0, 0.05) is 12.6 Å². The average Bonchev–Trinajstić information content (AvgIpc) is 2.78. The minimum absolute atomic E-state index is 0.0493. The van der Waals surface area contributed by atoms with E-state index in [9.17, 15) is 16.8 Å². The Morgan fingerprint density at radius 1 is 1.17 bits per heavy atom. The van der Waals surface area contributed by atoms with Crippen LogP contribution in [0.4, 0.5) is 0 Å². The first-order valence-corrected chi connectivity index (χ1v) is 11.1. The molecular formula is C16H25NO4S2. The van der Waals surface area contributed by atoms with Gasteiger partial charge in [-0.1, -0.05) is 39.8 Å². The number of hydrogen-bond donors (Lipinski definition) is 0. The molecule has 1 unspecified atom stereocenters. The summed E-state index contributed by atoms with van der Waals surface area (Å²) in [6.07, 6.45) is 0.371. The molecule has 130 valence electrons. The van der Waals surface area contributed by atoms with Crippen molar-refractivity contribution < 1.29 is 16.8 Å². The smallest absolute Gasteiger partial charge is 0.229 e. The summed E-state index contributed by atoms with van der Waals surface area (Å²) in [7, 11) is -6.80. The lowest BCUT2D eigenvalue weighted by molar-refractivity contribution is 0.354. The van der Waals surface area contributed by atoms with Crippen molar-refractivity contribution in [2.24, 2.45) is 0 Å². The topological polar surface area (TPSA) is 71.5 Å². The van der Waals surface area contributed by atoms with Gasteiger partial charge in [-0.3, -0.25) is 0 Å². The van der Waals surface area contributed by atoms with Gasteiger partial charge in [0.2, 0.25) is 10.0 Å². The average molecular weight is 360 g/mol. The zero-order chi connectivity index (χ0) is 17.5. The number of nitrogens with zero attached hydrogens (tertiary/aromatic N) is 1. The monoisotopic (exact) mass is 359 g/mol. The molecule has 0 amide bonds. The zero-order valence-corrected chi connectivity index (χ0v) is 15.7. The Morgan fingerprint density at radius 2 is 1.74 bits per heavy atom. The highest BCUT2D eigenvalue weighted by Crippen LogP contribution is 2.27. The van der Waals surface area contributed by atoms with Crippen molar-refractivity contribution in [2.45, 2.75) is 50.5 Å². The maximum atomic E-state index is 12.9. The van der Waals surface area contributed by atoms with E-state index in [0.29, 0.717) is 6.42 Å². The lowest BCUT2D eigenvalue weighted by Crippen LogP contribution is -2.40. The predicted molar refractivity (Wildman–Crippen MR) is 91.8 cm³/mol. The summed E-state index contributed by atoms with van der Waals surface area (Å²) < 4.78 is 50.3. The van der Waals surface area contributed by atoms with Crippen LogP contribution in [0.1, 0.15) is 39.7 Å². The second-order valence-corrected chi connectivity index (χ2v) is 11.2. The third kappa shape index (κ3) is 3.95.